The topological polar surface area (TPSA) is 34.9 Å². The van der Waals surface area contributed by atoms with E-state index in [9.17, 15) is 18.0 Å². The third-order valence-electron chi connectivity index (χ3n) is 4.88. The molecule has 1 heterocycles. The molecule has 3 rings (SSSR count). The van der Waals surface area contributed by atoms with Gasteiger partial charge in [-0.2, -0.15) is 13.2 Å². The van der Waals surface area contributed by atoms with Gasteiger partial charge in [-0.3, -0.25) is 9.36 Å². The average molecular weight is 400 g/mol. The number of hydrogen-bond donors (Lipinski definition) is 0. The quantitative estimate of drug-likeness (QED) is 0.448. The van der Waals surface area contributed by atoms with E-state index in [0.29, 0.717) is 23.2 Å². The molecule has 3 aromatic rings. The van der Waals surface area contributed by atoms with Crippen LogP contribution < -0.4 is 0 Å². The van der Waals surface area contributed by atoms with Crippen LogP contribution >= 0.6 is 0 Å². The summed E-state index contributed by atoms with van der Waals surface area (Å²) < 4.78 is 42.7. The number of unbranched alkanes of at least 4 members (excludes halogenated alkanes) is 1. The number of para-hydroxylation sites is 1. The number of aromatic nitrogens is 2. The minimum atomic E-state index is -4.55. The minimum absolute atomic E-state index is 0.0544. The first kappa shape index (κ1) is 20.8. The van der Waals surface area contributed by atoms with Crippen molar-refractivity contribution in [3.63, 3.8) is 0 Å². The van der Waals surface area contributed by atoms with E-state index in [2.05, 4.69) is 11.9 Å². The number of hydrogen-bond acceptors (Lipinski definition) is 2. The zero-order valence-corrected chi connectivity index (χ0v) is 16.7. The molecule has 0 aliphatic heterocycles. The molecule has 0 bridgehead atoms. The summed E-state index contributed by atoms with van der Waals surface area (Å²) in [6.45, 7) is 4.92. The van der Waals surface area contributed by atoms with Gasteiger partial charge in [0.15, 0.2) is 11.5 Å². The Morgan fingerprint density at radius 3 is 2.38 bits per heavy atom. The maximum atomic E-state index is 13.8. The Balaban J connectivity index is 2.25. The maximum absolute atomic E-state index is 13.8. The van der Waals surface area contributed by atoms with E-state index in [-0.39, 0.29) is 17.3 Å². The molecule has 0 radical (unpaired) electrons. The van der Waals surface area contributed by atoms with Crippen molar-refractivity contribution in [1.29, 1.82) is 0 Å². The Hall–Kier alpha value is -2.89. The van der Waals surface area contributed by atoms with Gasteiger partial charge in [0.2, 0.25) is 0 Å². The summed E-state index contributed by atoms with van der Waals surface area (Å²) in [6, 6.07) is 13.6. The first-order valence-electron chi connectivity index (χ1n) is 9.60. The normalized spacial score (nSPS) is 11.7. The van der Waals surface area contributed by atoms with Gasteiger partial charge in [0.25, 0.3) is 0 Å². The zero-order valence-electron chi connectivity index (χ0n) is 16.7. The molecule has 3 nitrogen and oxygen atoms in total. The van der Waals surface area contributed by atoms with Crippen LogP contribution in [0.15, 0.2) is 48.5 Å². The fraction of sp³-hybridized carbons (Fsp3) is 0.304. The number of benzene rings is 2. The van der Waals surface area contributed by atoms with Gasteiger partial charge in [-0.15, -0.1) is 0 Å². The minimum Gasteiger partial charge on any atom is -0.295 e. The number of nitrogens with zero attached hydrogens (tertiary/aromatic N) is 2. The lowest BCUT2D eigenvalue weighted by Gasteiger charge is -2.15. The van der Waals surface area contributed by atoms with Crippen LogP contribution in [0.4, 0.5) is 13.2 Å². The van der Waals surface area contributed by atoms with Crippen molar-refractivity contribution in [2.24, 2.45) is 0 Å². The second-order valence-corrected chi connectivity index (χ2v) is 7.07. The monoisotopic (exact) mass is 400 g/mol. The van der Waals surface area contributed by atoms with E-state index >= 15 is 0 Å². The Bertz CT molecular complexity index is 1020. The summed E-state index contributed by atoms with van der Waals surface area (Å²) in [6.07, 6.45) is -2.01. The largest absolute Gasteiger partial charge is 0.433 e. The number of Topliss-reactive ketones (excluding diaryl/α,β-unsaturated/α-hetero) is 1. The summed E-state index contributed by atoms with van der Waals surface area (Å²) in [7, 11) is 0. The van der Waals surface area contributed by atoms with Crippen LogP contribution in [0.1, 0.15) is 54.0 Å². The van der Waals surface area contributed by atoms with E-state index in [0.717, 1.165) is 23.0 Å². The number of ketones is 1. The molecule has 0 atom stereocenters. The first-order valence-corrected chi connectivity index (χ1v) is 9.60. The Morgan fingerprint density at radius 2 is 1.79 bits per heavy atom. The highest BCUT2D eigenvalue weighted by molar-refractivity contribution is 5.96. The van der Waals surface area contributed by atoms with Gasteiger partial charge < -0.3 is 0 Å². The Morgan fingerprint density at radius 1 is 1.10 bits per heavy atom. The van der Waals surface area contributed by atoms with Crippen LogP contribution in [-0.4, -0.2) is 15.3 Å². The average Bonchev–Trinajstić information content (AvgIpc) is 3.04. The first-order chi connectivity index (χ1) is 13.7. The number of imidazole rings is 1. The molecule has 0 unspecified atom stereocenters. The number of halogens is 3. The lowest BCUT2D eigenvalue weighted by Crippen LogP contribution is -2.14. The van der Waals surface area contributed by atoms with Gasteiger partial charge in [-0.1, -0.05) is 43.7 Å². The van der Waals surface area contributed by atoms with Crippen molar-refractivity contribution in [2.75, 3.05) is 0 Å². The van der Waals surface area contributed by atoms with Crippen LogP contribution in [0, 0.1) is 6.92 Å². The van der Waals surface area contributed by atoms with Crippen molar-refractivity contribution >= 4 is 5.78 Å². The molecule has 0 aliphatic rings. The van der Waals surface area contributed by atoms with Gasteiger partial charge in [-0.05, 0) is 50.5 Å². The molecule has 29 heavy (non-hydrogen) atoms. The van der Waals surface area contributed by atoms with Gasteiger partial charge in [-0.25, -0.2) is 4.98 Å². The van der Waals surface area contributed by atoms with Gasteiger partial charge in [0.05, 0.1) is 5.69 Å². The van der Waals surface area contributed by atoms with Gasteiger partial charge in [0, 0.05) is 16.8 Å². The lowest BCUT2D eigenvalue weighted by atomic mass is 9.97. The van der Waals surface area contributed by atoms with Crippen LogP contribution in [0.2, 0.25) is 0 Å². The number of rotatable bonds is 6. The zero-order chi connectivity index (χ0) is 21.2. The summed E-state index contributed by atoms with van der Waals surface area (Å²) in [5.74, 6) is 0.162. The number of alkyl halides is 3. The molecule has 6 heteroatoms. The molecular formula is C23H23F3N2O. The summed E-state index contributed by atoms with van der Waals surface area (Å²) in [4.78, 5) is 16.3. The predicted octanol–water partition coefficient (Wildman–Crippen LogP) is 6.41. The standard InChI is InChI=1S/C23H23F3N2O/c1-4-5-9-17-14-18(12-13-20(17)16(3)29)22-27-15(2)21(23(24,25)26)28(22)19-10-7-6-8-11-19/h6-8,10-14H,4-5,9H2,1-3H3. The second-order valence-electron chi connectivity index (χ2n) is 7.07. The lowest BCUT2D eigenvalue weighted by molar-refractivity contribution is -0.142. The molecule has 152 valence electrons. The smallest absolute Gasteiger partial charge is 0.295 e. The third-order valence-corrected chi connectivity index (χ3v) is 4.88. The fourth-order valence-electron chi connectivity index (χ4n) is 3.53. The van der Waals surface area contributed by atoms with E-state index in [1.54, 1.807) is 48.5 Å². The molecule has 1 aromatic heterocycles. The summed E-state index contributed by atoms with van der Waals surface area (Å²) in [5, 5.41) is 0. The van der Waals surface area contributed by atoms with Crippen molar-refractivity contribution in [3.8, 4) is 17.1 Å². The highest BCUT2D eigenvalue weighted by atomic mass is 19.4. The molecule has 0 fully saturated rings. The number of aryl methyl sites for hydroxylation is 2. The van der Waals surface area contributed by atoms with E-state index in [1.165, 1.54) is 13.8 Å². The third kappa shape index (κ3) is 4.26. The van der Waals surface area contributed by atoms with Crippen LogP contribution in [0.25, 0.3) is 17.1 Å². The van der Waals surface area contributed by atoms with Crippen molar-refractivity contribution in [1.82, 2.24) is 9.55 Å². The fourth-order valence-corrected chi connectivity index (χ4v) is 3.53. The highest BCUT2D eigenvalue weighted by Crippen LogP contribution is 2.37. The van der Waals surface area contributed by atoms with E-state index in [1.807, 2.05) is 0 Å². The van der Waals surface area contributed by atoms with Crippen molar-refractivity contribution in [2.45, 2.75) is 46.2 Å². The van der Waals surface area contributed by atoms with Crippen molar-refractivity contribution < 1.29 is 18.0 Å². The molecule has 2 aromatic carbocycles. The Kier molecular flexibility index (Phi) is 5.91. The predicted molar refractivity (Wildman–Crippen MR) is 107 cm³/mol. The summed E-state index contributed by atoms with van der Waals surface area (Å²) >= 11 is 0. The van der Waals surface area contributed by atoms with E-state index < -0.39 is 11.9 Å². The second kappa shape index (κ2) is 8.23. The maximum Gasteiger partial charge on any atom is 0.433 e. The molecule has 0 saturated carbocycles. The molecule has 0 amide bonds. The van der Waals surface area contributed by atoms with Crippen LogP contribution in [0.5, 0.6) is 0 Å². The molecule has 0 aliphatic carbocycles. The highest BCUT2D eigenvalue weighted by Gasteiger charge is 2.39. The van der Waals surface area contributed by atoms with E-state index in [4.69, 9.17) is 0 Å². The van der Waals surface area contributed by atoms with Crippen LogP contribution in [0.3, 0.4) is 0 Å². The number of carbonyl (C=O) groups is 1. The SMILES string of the molecule is CCCCc1cc(-c2nc(C)c(C(F)(F)F)n2-c2ccccc2)ccc1C(C)=O. The number of carbonyl (C=O) groups excluding carboxylic acids is 1. The molecule has 0 saturated heterocycles. The van der Waals surface area contributed by atoms with Crippen molar-refractivity contribution in [3.05, 3.63) is 71.0 Å². The summed E-state index contributed by atoms with van der Waals surface area (Å²) in [5.41, 5.74) is 1.52. The molecular weight excluding hydrogens is 377 g/mol. The van der Waals surface area contributed by atoms with Gasteiger partial charge >= 0.3 is 6.18 Å². The van der Waals surface area contributed by atoms with Crippen LogP contribution in [-0.2, 0) is 12.6 Å². The molecule has 0 N–H and O–H groups in total. The molecule has 0 spiro atoms. The van der Waals surface area contributed by atoms with Gasteiger partial charge in [0.1, 0.15) is 5.82 Å². The Labute approximate surface area is 168 Å².